The molecule has 2 saturated heterocycles. The van der Waals surface area contributed by atoms with Crippen LogP contribution in [0.3, 0.4) is 0 Å². The van der Waals surface area contributed by atoms with Crippen LogP contribution in [0.15, 0.2) is 43.0 Å². The summed E-state index contributed by atoms with van der Waals surface area (Å²) >= 11 is 0. The number of aliphatic hydroxyl groups is 1. The molecule has 59 heavy (non-hydrogen) atoms. The molecule has 322 valence electrons. The van der Waals surface area contributed by atoms with E-state index in [9.17, 15) is 28.8 Å². The van der Waals surface area contributed by atoms with Crippen LogP contribution in [0.2, 0.25) is 0 Å². The highest BCUT2D eigenvalue weighted by Crippen LogP contribution is 2.61. The Balaban J connectivity index is 0.000000152. The molecule has 1 N–H and O–H groups in total. The number of nitrogens with zero attached hydrogens (tertiary/aromatic N) is 2. The standard InChI is InChI=1S/C19H24O8.C18H22N2O4.C4H6O4/c1-11(2)15(20)26-18-4-12-3-13(5-18)7-19(6-12,10-18)27-17(22)24-9-14-8-23-16(21)25-14;1-12(2)15(21)23-17-6-13-5-14(7-17)9-18(8-13,10-17)24-16(22)20-4-3-19-11-20;5-1-3-2-7-4(6)8-3/h12-14H,1,3-10H2,2H3;3-4,11,13-14H,1,5-10H2,2H3;3,5H,1-2H2. The zero-order valence-corrected chi connectivity index (χ0v) is 33.4. The van der Waals surface area contributed by atoms with Crippen molar-refractivity contribution in [2.45, 2.75) is 126 Å². The molecule has 10 aliphatic rings. The number of esters is 2. The minimum Gasteiger partial charge on any atom is -0.456 e. The average molecular weight is 829 g/mol. The number of aliphatic hydroxyl groups excluding tert-OH is 1. The van der Waals surface area contributed by atoms with E-state index in [1.807, 2.05) is 0 Å². The van der Waals surface area contributed by atoms with Crippen molar-refractivity contribution < 1.29 is 76.5 Å². The number of imidazole rings is 1. The fourth-order valence-corrected chi connectivity index (χ4v) is 11.1. The highest BCUT2D eigenvalue weighted by molar-refractivity contribution is 5.87. The summed E-state index contributed by atoms with van der Waals surface area (Å²) < 4.78 is 48.1. The quantitative estimate of drug-likeness (QED) is 0.185. The van der Waals surface area contributed by atoms with Crippen LogP contribution in [0, 0.1) is 23.7 Å². The Morgan fingerprint density at radius 1 is 0.729 bits per heavy atom. The molecule has 3 heterocycles. The topological polar surface area (TPSA) is 224 Å². The second-order valence-corrected chi connectivity index (χ2v) is 17.8. The largest absolute Gasteiger partial charge is 0.508 e. The van der Waals surface area contributed by atoms with Gasteiger partial charge in [0, 0.05) is 36.4 Å². The monoisotopic (exact) mass is 828 g/mol. The number of aromatic nitrogens is 2. The third kappa shape index (κ3) is 9.68. The van der Waals surface area contributed by atoms with Gasteiger partial charge in [-0.2, -0.15) is 0 Å². The van der Waals surface area contributed by atoms with E-state index >= 15 is 0 Å². The van der Waals surface area contributed by atoms with E-state index in [1.54, 1.807) is 26.2 Å². The number of rotatable bonds is 9. The van der Waals surface area contributed by atoms with Crippen LogP contribution in [0.1, 0.15) is 90.9 Å². The molecule has 1 aromatic heterocycles. The summed E-state index contributed by atoms with van der Waals surface area (Å²) in [6.45, 7) is 10.6. The molecule has 2 aliphatic heterocycles. The van der Waals surface area contributed by atoms with E-state index in [0.717, 1.165) is 64.2 Å². The number of hydrogen-bond acceptors (Lipinski definition) is 17. The maximum absolute atomic E-state index is 12.4. The van der Waals surface area contributed by atoms with Gasteiger partial charge in [0.2, 0.25) is 0 Å². The maximum atomic E-state index is 12.4. The van der Waals surface area contributed by atoms with Crippen molar-refractivity contribution in [2.75, 3.05) is 26.4 Å². The van der Waals surface area contributed by atoms with Crippen molar-refractivity contribution in [1.29, 1.82) is 0 Å². The molecule has 11 rings (SSSR count). The van der Waals surface area contributed by atoms with Crippen LogP contribution < -0.4 is 0 Å². The van der Waals surface area contributed by atoms with Crippen LogP contribution in [-0.4, -0.2) is 112 Å². The first kappa shape index (κ1) is 42.0. The smallest absolute Gasteiger partial charge is 0.456 e. The van der Waals surface area contributed by atoms with Crippen molar-refractivity contribution in [3.05, 3.63) is 43.0 Å². The zero-order valence-electron chi connectivity index (χ0n) is 33.4. The van der Waals surface area contributed by atoms with Crippen molar-refractivity contribution in [1.82, 2.24) is 9.55 Å². The van der Waals surface area contributed by atoms with Gasteiger partial charge in [0.15, 0.2) is 12.2 Å². The summed E-state index contributed by atoms with van der Waals surface area (Å²) in [5.74, 6) is 0.882. The first-order chi connectivity index (χ1) is 28.0. The lowest BCUT2D eigenvalue weighted by Crippen LogP contribution is -2.62. The van der Waals surface area contributed by atoms with Crippen molar-refractivity contribution >= 4 is 36.5 Å². The lowest BCUT2D eigenvalue weighted by molar-refractivity contribution is -0.221. The minimum atomic E-state index is -0.790. The van der Waals surface area contributed by atoms with Gasteiger partial charge in [0.25, 0.3) is 0 Å². The summed E-state index contributed by atoms with van der Waals surface area (Å²) in [7, 11) is 0. The van der Waals surface area contributed by atoms with E-state index in [4.69, 9.17) is 33.5 Å². The molecule has 18 nitrogen and oxygen atoms in total. The van der Waals surface area contributed by atoms with E-state index in [0.29, 0.717) is 47.7 Å². The Morgan fingerprint density at radius 3 is 1.54 bits per heavy atom. The van der Waals surface area contributed by atoms with Gasteiger partial charge < -0.3 is 47.7 Å². The molecule has 10 fully saturated rings. The minimum absolute atomic E-state index is 0.0569. The fourth-order valence-electron chi connectivity index (χ4n) is 11.1. The van der Waals surface area contributed by atoms with Gasteiger partial charge in [-0.15, -0.1) is 0 Å². The molecule has 6 unspecified atom stereocenters. The molecule has 0 spiro atoms. The van der Waals surface area contributed by atoms with E-state index < -0.39 is 65.1 Å². The molecule has 8 aliphatic carbocycles. The molecule has 8 bridgehead atoms. The van der Waals surface area contributed by atoms with Crippen LogP contribution in [-0.2, 0) is 52.2 Å². The van der Waals surface area contributed by atoms with E-state index in [2.05, 4.69) is 32.4 Å². The average Bonchev–Trinajstić information content (AvgIpc) is 3.92. The third-order valence-electron chi connectivity index (χ3n) is 12.4. The molecule has 18 heteroatoms. The van der Waals surface area contributed by atoms with E-state index in [-0.39, 0.29) is 32.4 Å². The lowest BCUT2D eigenvalue weighted by Gasteiger charge is -2.60. The van der Waals surface area contributed by atoms with E-state index in [1.165, 1.54) is 10.9 Å². The van der Waals surface area contributed by atoms with Gasteiger partial charge >= 0.3 is 36.5 Å². The van der Waals surface area contributed by atoms with Crippen LogP contribution >= 0.6 is 0 Å². The van der Waals surface area contributed by atoms with Crippen LogP contribution in [0.5, 0.6) is 0 Å². The predicted molar refractivity (Wildman–Crippen MR) is 198 cm³/mol. The summed E-state index contributed by atoms with van der Waals surface area (Å²) in [6.07, 6.45) is 10.7. The number of ether oxygens (including phenoxy) is 9. The molecule has 8 saturated carbocycles. The Hall–Kier alpha value is -5.13. The fraction of sp³-hybridized carbons (Fsp3) is 0.683. The lowest BCUT2D eigenvalue weighted by atomic mass is 9.52. The molecule has 0 aromatic carbocycles. The Labute approximate surface area is 340 Å². The van der Waals surface area contributed by atoms with Crippen molar-refractivity contribution in [3.8, 4) is 0 Å². The van der Waals surface area contributed by atoms with Crippen molar-refractivity contribution in [2.24, 2.45) is 23.7 Å². The Bertz CT molecular complexity index is 1810. The summed E-state index contributed by atoms with van der Waals surface area (Å²) in [5, 5.41) is 8.33. The first-order valence-electron chi connectivity index (χ1n) is 20.1. The Kier molecular flexibility index (Phi) is 11.7. The van der Waals surface area contributed by atoms with Crippen molar-refractivity contribution in [3.63, 3.8) is 0 Å². The predicted octanol–water partition coefficient (Wildman–Crippen LogP) is 5.48. The molecular weight excluding hydrogens is 776 g/mol. The van der Waals surface area contributed by atoms with Gasteiger partial charge in [-0.3, -0.25) is 0 Å². The number of carbonyl (C=O) groups excluding carboxylic acids is 6. The normalized spacial score (nSPS) is 36.2. The van der Waals surface area contributed by atoms with Gasteiger partial charge in [-0.05, 0) is 102 Å². The zero-order chi connectivity index (χ0) is 42.2. The highest BCUT2D eigenvalue weighted by atomic mass is 16.8. The molecule has 1 aromatic rings. The first-order valence-corrected chi connectivity index (χ1v) is 20.1. The molecular formula is C41H52N2O16. The third-order valence-corrected chi connectivity index (χ3v) is 12.4. The second kappa shape index (κ2) is 16.5. The Morgan fingerprint density at radius 2 is 1.17 bits per heavy atom. The molecule has 0 radical (unpaired) electrons. The number of cyclic esters (lactones) is 4. The molecule has 6 atom stereocenters. The summed E-state index contributed by atoms with van der Waals surface area (Å²) in [6, 6.07) is 0. The van der Waals surface area contributed by atoms with Crippen LogP contribution in [0.25, 0.3) is 0 Å². The maximum Gasteiger partial charge on any atom is 0.508 e. The van der Waals surface area contributed by atoms with Gasteiger partial charge in [-0.25, -0.2) is 38.3 Å². The van der Waals surface area contributed by atoms with Crippen LogP contribution in [0.4, 0.5) is 19.2 Å². The molecule has 0 amide bonds. The highest BCUT2D eigenvalue weighted by Gasteiger charge is 2.63. The number of hydrogen-bond donors (Lipinski definition) is 1. The summed E-state index contributed by atoms with van der Waals surface area (Å²) in [5.41, 5.74) is -1.51. The number of carbonyl (C=O) groups is 6. The van der Waals surface area contributed by atoms with Gasteiger partial charge in [0.1, 0.15) is 48.6 Å². The summed E-state index contributed by atoms with van der Waals surface area (Å²) in [4.78, 5) is 73.7. The van der Waals surface area contributed by atoms with Gasteiger partial charge in [0.05, 0.1) is 6.61 Å². The SMILES string of the molecule is C=C(C)C(=O)OC12CC3CC(C1)CC(OC(=O)n1ccnc1)(C3)C2.C=C(C)C(=O)OC12CC3CC(CC(OC(=O)OCC4COC(=O)O4)(C3)C1)C2.O=C1OCC(CO)O1. The van der Waals surface area contributed by atoms with Gasteiger partial charge in [-0.1, -0.05) is 13.2 Å². The second-order valence-electron chi connectivity index (χ2n) is 17.8.